The monoisotopic (exact) mass is 303 g/mol. The van der Waals surface area contributed by atoms with E-state index in [1.165, 1.54) is 0 Å². The molecule has 0 saturated heterocycles. The molecule has 0 radical (unpaired) electrons. The first kappa shape index (κ1) is 13.5. The van der Waals surface area contributed by atoms with Crippen molar-refractivity contribution >= 4 is 10.8 Å². The zero-order valence-corrected chi connectivity index (χ0v) is 12.2. The summed E-state index contributed by atoms with van der Waals surface area (Å²) < 4.78 is 11.1. The lowest BCUT2D eigenvalue weighted by atomic mass is 10.1. The maximum absolute atomic E-state index is 5.84. The van der Waals surface area contributed by atoms with Crippen LogP contribution in [0.15, 0.2) is 71.4 Å². The molecule has 23 heavy (non-hydrogen) atoms. The molecule has 0 N–H and O–H groups in total. The third-order valence-electron chi connectivity index (χ3n) is 3.46. The summed E-state index contributed by atoms with van der Waals surface area (Å²) in [4.78, 5) is 8.51. The number of nitrogens with zero attached hydrogens (tertiary/aromatic N) is 3. The average molecular weight is 303 g/mol. The van der Waals surface area contributed by atoms with Crippen LogP contribution in [0, 0.1) is 0 Å². The predicted molar refractivity (Wildman–Crippen MR) is 85.8 cm³/mol. The molecular formula is C18H13N3O2. The van der Waals surface area contributed by atoms with E-state index in [0.29, 0.717) is 17.4 Å². The SMILES string of the molecule is c1ccc(-c2noc(COc3cccc4ccccc34)n2)nc1. The van der Waals surface area contributed by atoms with Crippen molar-refractivity contribution in [1.29, 1.82) is 0 Å². The highest BCUT2D eigenvalue weighted by Crippen LogP contribution is 2.25. The van der Waals surface area contributed by atoms with Gasteiger partial charge in [-0.1, -0.05) is 47.6 Å². The van der Waals surface area contributed by atoms with E-state index in [2.05, 4.69) is 15.1 Å². The molecule has 5 heteroatoms. The summed E-state index contributed by atoms with van der Waals surface area (Å²) in [6, 6.07) is 19.6. The van der Waals surface area contributed by atoms with Crippen LogP contribution in [0.25, 0.3) is 22.3 Å². The van der Waals surface area contributed by atoms with Crippen LogP contribution in [-0.2, 0) is 6.61 Å². The van der Waals surface area contributed by atoms with Crippen molar-refractivity contribution in [2.45, 2.75) is 6.61 Å². The van der Waals surface area contributed by atoms with Crippen LogP contribution in [0.4, 0.5) is 0 Å². The van der Waals surface area contributed by atoms with Gasteiger partial charge in [0.25, 0.3) is 5.89 Å². The van der Waals surface area contributed by atoms with Gasteiger partial charge >= 0.3 is 0 Å². The van der Waals surface area contributed by atoms with Gasteiger partial charge in [-0.25, -0.2) is 0 Å². The molecule has 0 aliphatic rings. The van der Waals surface area contributed by atoms with Gasteiger partial charge in [0.05, 0.1) is 0 Å². The Bertz CT molecular complexity index is 930. The fraction of sp³-hybridized carbons (Fsp3) is 0.0556. The Morgan fingerprint density at radius 1 is 0.913 bits per heavy atom. The highest BCUT2D eigenvalue weighted by Gasteiger charge is 2.10. The number of hydrogen-bond acceptors (Lipinski definition) is 5. The van der Waals surface area contributed by atoms with Crippen LogP contribution >= 0.6 is 0 Å². The molecule has 0 aliphatic heterocycles. The molecule has 2 aromatic heterocycles. The van der Waals surface area contributed by atoms with Gasteiger partial charge in [0, 0.05) is 11.6 Å². The van der Waals surface area contributed by atoms with Gasteiger partial charge in [0.15, 0.2) is 6.61 Å². The minimum absolute atomic E-state index is 0.216. The van der Waals surface area contributed by atoms with Crippen molar-refractivity contribution in [2.24, 2.45) is 0 Å². The van der Waals surface area contributed by atoms with Crippen molar-refractivity contribution in [3.8, 4) is 17.3 Å². The molecule has 0 spiro atoms. The van der Waals surface area contributed by atoms with Gasteiger partial charge in [-0.3, -0.25) is 4.98 Å². The van der Waals surface area contributed by atoms with Crippen LogP contribution in [-0.4, -0.2) is 15.1 Å². The van der Waals surface area contributed by atoms with E-state index in [4.69, 9.17) is 9.26 Å². The van der Waals surface area contributed by atoms with Crippen LogP contribution in [0.3, 0.4) is 0 Å². The van der Waals surface area contributed by atoms with Crippen LogP contribution in [0.1, 0.15) is 5.89 Å². The highest BCUT2D eigenvalue weighted by atomic mass is 16.5. The molecule has 112 valence electrons. The van der Waals surface area contributed by atoms with Crippen LogP contribution in [0.2, 0.25) is 0 Å². The summed E-state index contributed by atoms with van der Waals surface area (Å²) in [5, 5.41) is 6.12. The summed E-state index contributed by atoms with van der Waals surface area (Å²) in [6.45, 7) is 0.216. The van der Waals surface area contributed by atoms with E-state index in [9.17, 15) is 0 Å². The topological polar surface area (TPSA) is 61.0 Å². The van der Waals surface area contributed by atoms with Gasteiger partial charge in [0.2, 0.25) is 5.82 Å². The second-order valence-corrected chi connectivity index (χ2v) is 4.99. The second-order valence-electron chi connectivity index (χ2n) is 4.99. The molecular weight excluding hydrogens is 290 g/mol. The second kappa shape index (κ2) is 5.88. The van der Waals surface area contributed by atoms with Gasteiger partial charge in [-0.15, -0.1) is 0 Å². The molecule has 0 fully saturated rings. The number of aromatic nitrogens is 3. The molecule has 0 unspecified atom stereocenters. The largest absolute Gasteiger partial charge is 0.483 e. The summed E-state index contributed by atoms with van der Waals surface area (Å²) >= 11 is 0. The fourth-order valence-corrected chi connectivity index (χ4v) is 2.37. The third-order valence-corrected chi connectivity index (χ3v) is 3.46. The van der Waals surface area contributed by atoms with Gasteiger partial charge in [-0.05, 0) is 23.6 Å². The zero-order valence-electron chi connectivity index (χ0n) is 12.2. The lowest BCUT2D eigenvalue weighted by Gasteiger charge is -2.06. The van der Waals surface area contributed by atoms with Gasteiger partial charge in [0.1, 0.15) is 11.4 Å². The molecule has 0 saturated carbocycles. The number of hydrogen-bond donors (Lipinski definition) is 0. The molecule has 4 rings (SSSR count). The third kappa shape index (κ3) is 2.76. The standard InChI is InChI=1S/C18H13N3O2/c1-2-8-14-13(6-1)7-5-10-16(14)22-12-17-20-18(21-23-17)15-9-3-4-11-19-15/h1-11H,12H2. The Morgan fingerprint density at radius 2 is 1.78 bits per heavy atom. The molecule has 2 aromatic carbocycles. The number of rotatable bonds is 4. The Labute approximate surface area is 132 Å². The van der Waals surface area contributed by atoms with E-state index in [1.807, 2.05) is 60.7 Å². The van der Waals surface area contributed by atoms with E-state index >= 15 is 0 Å². The Kier molecular flexibility index (Phi) is 3.44. The van der Waals surface area contributed by atoms with E-state index < -0.39 is 0 Å². The number of ether oxygens (including phenoxy) is 1. The van der Waals surface area contributed by atoms with Crippen molar-refractivity contribution in [3.63, 3.8) is 0 Å². The summed E-state index contributed by atoms with van der Waals surface area (Å²) in [5.41, 5.74) is 0.674. The van der Waals surface area contributed by atoms with Gasteiger partial charge < -0.3 is 9.26 Å². The Morgan fingerprint density at radius 3 is 2.70 bits per heavy atom. The smallest absolute Gasteiger partial charge is 0.264 e. The number of fused-ring (bicyclic) bond motifs is 1. The Balaban J connectivity index is 1.54. The van der Waals surface area contributed by atoms with Crippen LogP contribution in [0.5, 0.6) is 5.75 Å². The molecule has 2 heterocycles. The normalized spacial score (nSPS) is 10.8. The first-order chi connectivity index (χ1) is 11.4. The van der Waals surface area contributed by atoms with Crippen molar-refractivity contribution in [1.82, 2.24) is 15.1 Å². The first-order valence-electron chi connectivity index (χ1n) is 7.25. The molecule has 0 aliphatic carbocycles. The molecule has 0 amide bonds. The van der Waals surface area contributed by atoms with Crippen molar-refractivity contribution < 1.29 is 9.26 Å². The summed E-state index contributed by atoms with van der Waals surface area (Å²) in [5.74, 6) is 1.67. The molecule has 0 bridgehead atoms. The molecule has 4 aromatic rings. The van der Waals surface area contributed by atoms with Crippen molar-refractivity contribution in [3.05, 3.63) is 72.8 Å². The summed E-state index contributed by atoms with van der Waals surface area (Å²) in [6.07, 6.45) is 1.69. The van der Waals surface area contributed by atoms with E-state index in [-0.39, 0.29) is 6.61 Å². The minimum Gasteiger partial charge on any atom is -0.483 e. The quantitative estimate of drug-likeness (QED) is 0.573. The van der Waals surface area contributed by atoms with Crippen molar-refractivity contribution in [2.75, 3.05) is 0 Å². The first-order valence-corrected chi connectivity index (χ1v) is 7.25. The molecule has 0 atom stereocenters. The number of pyridine rings is 1. The van der Waals surface area contributed by atoms with E-state index in [1.54, 1.807) is 6.20 Å². The maximum Gasteiger partial charge on any atom is 0.264 e. The van der Waals surface area contributed by atoms with E-state index in [0.717, 1.165) is 16.5 Å². The predicted octanol–water partition coefficient (Wildman–Crippen LogP) is 3.86. The van der Waals surface area contributed by atoms with Gasteiger partial charge in [-0.2, -0.15) is 4.98 Å². The average Bonchev–Trinajstić information content (AvgIpc) is 3.10. The van der Waals surface area contributed by atoms with Crippen LogP contribution < -0.4 is 4.74 Å². The Hall–Kier alpha value is -3.21. The number of benzene rings is 2. The minimum atomic E-state index is 0.216. The maximum atomic E-state index is 5.84. The lowest BCUT2D eigenvalue weighted by Crippen LogP contribution is -1.96. The summed E-state index contributed by atoms with van der Waals surface area (Å²) in [7, 11) is 0. The zero-order chi connectivity index (χ0) is 15.5. The molecule has 5 nitrogen and oxygen atoms in total. The highest BCUT2D eigenvalue weighted by molar-refractivity contribution is 5.88. The lowest BCUT2D eigenvalue weighted by molar-refractivity contribution is 0.245. The fourth-order valence-electron chi connectivity index (χ4n) is 2.37.